The third-order valence-electron chi connectivity index (χ3n) is 2.34. The third kappa shape index (κ3) is 4.97. The van der Waals surface area contributed by atoms with Gasteiger partial charge in [0.25, 0.3) is 0 Å². The van der Waals surface area contributed by atoms with E-state index in [4.69, 9.17) is 9.47 Å². The van der Waals surface area contributed by atoms with E-state index in [1.807, 2.05) is 0 Å². The SMILES string of the molecule is COCCC(C)(O)CNc1ncc(OC)cn1. The lowest BCUT2D eigenvalue weighted by Crippen LogP contribution is -2.35. The summed E-state index contributed by atoms with van der Waals surface area (Å²) in [6.07, 6.45) is 3.69. The standard InChI is InChI=1S/C11H19N3O3/c1-11(15,4-5-16-2)8-14-10-12-6-9(17-3)7-13-10/h6-7,15H,4-5,8H2,1-3H3,(H,12,13,14). The van der Waals surface area contributed by atoms with Crippen molar-refractivity contribution in [3.8, 4) is 5.75 Å². The smallest absolute Gasteiger partial charge is 0.222 e. The molecule has 0 aromatic carbocycles. The summed E-state index contributed by atoms with van der Waals surface area (Å²) in [5.41, 5.74) is -0.848. The molecule has 1 aromatic rings. The molecule has 0 amide bonds. The molecule has 2 N–H and O–H groups in total. The van der Waals surface area contributed by atoms with Gasteiger partial charge < -0.3 is 19.9 Å². The summed E-state index contributed by atoms with van der Waals surface area (Å²) in [4.78, 5) is 8.09. The highest BCUT2D eigenvalue weighted by molar-refractivity contribution is 5.27. The van der Waals surface area contributed by atoms with Gasteiger partial charge in [-0.25, -0.2) is 9.97 Å². The van der Waals surface area contributed by atoms with Crippen molar-refractivity contribution in [2.45, 2.75) is 18.9 Å². The van der Waals surface area contributed by atoms with Gasteiger partial charge in [-0.2, -0.15) is 0 Å². The third-order valence-corrected chi connectivity index (χ3v) is 2.34. The maximum absolute atomic E-state index is 9.98. The van der Waals surface area contributed by atoms with Crippen molar-refractivity contribution in [3.63, 3.8) is 0 Å². The number of rotatable bonds is 7. The Morgan fingerprint density at radius 3 is 2.53 bits per heavy atom. The first-order chi connectivity index (χ1) is 8.07. The molecule has 1 unspecified atom stereocenters. The minimum absolute atomic E-state index is 0.364. The van der Waals surface area contributed by atoms with Crippen LogP contribution in [-0.2, 0) is 4.74 Å². The topological polar surface area (TPSA) is 76.5 Å². The number of nitrogens with one attached hydrogen (secondary N) is 1. The number of ether oxygens (including phenoxy) is 2. The van der Waals surface area contributed by atoms with E-state index in [1.165, 1.54) is 0 Å². The first-order valence-electron chi connectivity index (χ1n) is 5.38. The summed E-state index contributed by atoms with van der Waals surface area (Å²) in [6, 6.07) is 0. The largest absolute Gasteiger partial charge is 0.494 e. The second kappa shape index (κ2) is 6.36. The highest BCUT2D eigenvalue weighted by Crippen LogP contribution is 2.11. The van der Waals surface area contributed by atoms with Crippen LogP contribution < -0.4 is 10.1 Å². The van der Waals surface area contributed by atoms with Crippen molar-refractivity contribution in [1.82, 2.24) is 9.97 Å². The summed E-state index contributed by atoms with van der Waals surface area (Å²) in [5.74, 6) is 1.06. The van der Waals surface area contributed by atoms with Crippen LogP contribution in [0.4, 0.5) is 5.95 Å². The zero-order valence-electron chi connectivity index (χ0n) is 10.4. The van der Waals surface area contributed by atoms with Gasteiger partial charge in [-0.15, -0.1) is 0 Å². The van der Waals surface area contributed by atoms with Gasteiger partial charge in [0.1, 0.15) is 0 Å². The van der Waals surface area contributed by atoms with Crippen LogP contribution in [0.25, 0.3) is 0 Å². The van der Waals surface area contributed by atoms with Gasteiger partial charge in [0.15, 0.2) is 5.75 Å². The fraction of sp³-hybridized carbons (Fsp3) is 0.636. The summed E-state index contributed by atoms with van der Waals surface area (Å²) in [6.45, 7) is 2.61. The molecule has 0 aliphatic carbocycles. The number of hydrogen-bond acceptors (Lipinski definition) is 6. The van der Waals surface area contributed by atoms with E-state index in [9.17, 15) is 5.11 Å². The second-order valence-corrected chi connectivity index (χ2v) is 4.04. The molecule has 0 spiro atoms. The Balaban J connectivity index is 2.43. The fourth-order valence-electron chi connectivity index (χ4n) is 1.19. The van der Waals surface area contributed by atoms with Crippen LogP contribution in [0.2, 0.25) is 0 Å². The van der Waals surface area contributed by atoms with Crippen LogP contribution in [0.1, 0.15) is 13.3 Å². The van der Waals surface area contributed by atoms with E-state index in [0.717, 1.165) is 0 Å². The number of anilines is 1. The van der Waals surface area contributed by atoms with Crippen molar-refractivity contribution in [3.05, 3.63) is 12.4 Å². The molecule has 0 fully saturated rings. The average molecular weight is 241 g/mol. The number of aliphatic hydroxyl groups is 1. The summed E-state index contributed by atoms with van der Waals surface area (Å²) < 4.78 is 9.87. The molecule has 1 heterocycles. The average Bonchev–Trinajstić information content (AvgIpc) is 2.35. The summed E-state index contributed by atoms with van der Waals surface area (Å²) in [5, 5.41) is 12.9. The molecule has 0 saturated heterocycles. The van der Waals surface area contributed by atoms with Crippen LogP contribution >= 0.6 is 0 Å². The minimum atomic E-state index is -0.848. The van der Waals surface area contributed by atoms with Crippen molar-refractivity contribution in [2.75, 3.05) is 32.7 Å². The van der Waals surface area contributed by atoms with E-state index in [1.54, 1.807) is 33.5 Å². The molecule has 6 nitrogen and oxygen atoms in total. The van der Waals surface area contributed by atoms with Crippen molar-refractivity contribution in [1.29, 1.82) is 0 Å². The molecule has 17 heavy (non-hydrogen) atoms. The molecule has 1 rings (SSSR count). The van der Waals surface area contributed by atoms with Gasteiger partial charge in [0.05, 0.1) is 25.1 Å². The second-order valence-electron chi connectivity index (χ2n) is 4.04. The van der Waals surface area contributed by atoms with E-state index in [2.05, 4.69) is 15.3 Å². The predicted octanol–water partition coefficient (Wildman–Crippen LogP) is 0.685. The quantitative estimate of drug-likeness (QED) is 0.731. The molecule has 0 radical (unpaired) electrons. The molecule has 96 valence electrons. The monoisotopic (exact) mass is 241 g/mol. The Bertz CT molecular complexity index is 327. The highest BCUT2D eigenvalue weighted by atomic mass is 16.5. The Hall–Kier alpha value is -1.40. The molecular weight excluding hydrogens is 222 g/mol. The van der Waals surface area contributed by atoms with Gasteiger partial charge in [-0.05, 0) is 6.92 Å². The van der Waals surface area contributed by atoms with E-state index >= 15 is 0 Å². The van der Waals surface area contributed by atoms with Gasteiger partial charge in [0.2, 0.25) is 5.95 Å². The molecule has 0 bridgehead atoms. The first kappa shape index (κ1) is 13.7. The zero-order valence-corrected chi connectivity index (χ0v) is 10.4. The zero-order chi connectivity index (χ0) is 12.7. The Morgan fingerprint density at radius 2 is 2.00 bits per heavy atom. The molecular formula is C11H19N3O3. The van der Waals surface area contributed by atoms with E-state index < -0.39 is 5.60 Å². The maximum Gasteiger partial charge on any atom is 0.222 e. The van der Waals surface area contributed by atoms with Gasteiger partial charge in [-0.3, -0.25) is 0 Å². The Labute approximate surface area is 101 Å². The molecule has 1 atom stereocenters. The van der Waals surface area contributed by atoms with Gasteiger partial charge >= 0.3 is 0 Å². The van der Waals surface area contributed by atoms with E-state index in [0.29, 0.717) is 31.3 Å². The number of methoxy groups -OCH3 is 2. The lowest BCUT2D eigenvalue weighted by atomic mass is 10.0. The summed E-state index contributed by atoms with van der Waals surface area (Å²) >= 11 is 0. The van der Waals surface area contributed by atoms with E-state index in [-0.39, 0.29) is 0 Å². The van der Waals surface area contributed by atoms with Crippen molar-refractivity contribution < 1.29 is 14.6 Å². The number of aromatic nitrogens is 2. The van der Waals surface area contributed by atoms with Gasteiger partial charge in [-0.1, -0.05) is 0 Å². The molecule has 1 aromatic heterocycles. The van der Waals surface area contributed by atoms with Crippen LogP contribution in [0, 0.1) is 0 Å². The van der Waals surface area contributed by atoms with Crippen LogP contribution in [-0.4, -0.2) is 48.0 Å². The summed E-state index contributed by atoms with van der Waals surface area (Å²) in [7, 11) is 3.16. The normalized spacial score (nSPS) is 14.1. The fourth-order valence-corrected chi connectivity index (χ4v) is 1.19. The highest BCUT2D eigenvalue weighted by Gasteiger charge is 2.19. The molecule has 0 saturated carbocycles. The number of hydrogen-bond donors (Lipinski definition) is 2. The van der Waals surface area contributed by atoms with Crippen LogP contribution in [0.3, 0.4) is 0 Å². The van der Waals surface area contributed by atoms with Gasteiger partial charge in [0, 0.05) is 26.7 Å². The lowest BCUT2D eigenvalue weighted by Gasteiger charge is -2.23. The first-order valence-corrected chi connectivity index (χ1v) is 5.38. The molecule has 6 heteroatoms. The van der Waals surface area contributed by atoms with Crippen LogP contribution in [0.15, 0.2) is 12.4 Å². The molecule has 0 aliphatic rings. The maximum atomic E-state index is 9.98. The Kier molecular flexibility index (Phi) is 5.11. The molecule has 0 aliphatic heterocycles. The minimum Gasteiger partial charge on any atom is -0.494 e. The lowest BCUT2D eigenvalue weighted by molar-refractivity contribution is 0.0356. The van der Waals surface area contributed by atoms with Crippen molar-refractivity contribution in [2.24, 2.45) is 0 Å². The Morgan fingerprint density at radius 1 is 1.35 bits per heavy atom. The number of nitrogens with zero attached hydrogens (tertiary/aromatic N) is 2. The van der Waals surface area contributed by atoms with Crippen LogP contribution in [0.5, 0.6) is 5.75 Å². The van der Waals surface area contributed by atoms with Crippen molar-refractivity contribution >= 4 is 5.95 Å². The predicted molar refractivity (Wildman–Crippen MR) is 64.2 cm³/mol.